The molecule has 0 saturated heterocycles. The Kier molecular flexibility index (Phi) is 4.71. The van der Waals surface area contributed by atoms with Gasteiger partial charge < -0.3 is 19.0 Å². The van der Waals surface area contributed by atoms with Gasteiger partial charge >= 0.3 is 5.97 Å². The fourth-order valence-corrected chi connectivity index (χ4v) is 3.20. The molecule has 0 aliphatic heterocycles. The number of esters is 1. The Morgan fingerprint density at radius 3 is 2.76 bits per heavy atom. The molecule has 1 amide bonds. The molecule has 7 nitrogen and oxygen atoms in total. The zero-order valence-electron chi connectivity index (χ0n) is 13.9. The molecule has 0 unspecified atom stereocenters. The molecule has 0 aromatic carbocycles. The van der Waals surface area contributed by atoms with E-state index in [0.29, 0.717) is 21.3 Å². The van der Waals surface area contributed by atoms with Gasteiger partial charge in [0.2, 0.25) is 0 Å². The van der Waals surface area contributed by atoms with E-state index in [1.165, 1.54) is 6.26 Å². The van der Waals surface area contributed by atoms with Crippen molar-refractivity contribution in [2.45, 2.75) is 27.4 Å². The number of anilines is 1. The number of amides is 1. The topological polar surface area (TPSA) is 94.6 Å². The van der Waals surface area contributed by atoms with Crippen LogP contribution in [0.4, 0.5) is 5.00 Å². The fourth-order valence-electron chi connectivity index (χ4n) is 2.24. The van der Waals surface area contributed by atoms with Crippen molar-refractivity contribution in [3.05, 3.63) is 57.7 Å². The van der Waals surface area contributed by atoms with Gasteiger partial charge in [0, 0.05) is 0 Å². The van der Waals surface area contributed by atoms with Crippen molar-refractivity contribution in [3.8, 4) is 0 Å². The summed E-state index contributed by atoms with van der Waals surface area (Å²) in [4.78, 5) is 24.7. The molecular formula is C17H16N2O5S. The summed E-state index contributed by atoms with van der Waals surface area (Å²) in [6.45, 7) is 5.43. The Bertz CT molecular complexity index is 888. The van der Waals surface area contributed by atoms with Gasteiger partial charge in [0.05, 0.1) is 22.5 Å². The van der Waals surface area contributed by atoms with Gasteiger partial charge in [-0.3, -0.25) is 4.79 Å². The average molecular weight is 360 g/mol. The third-order valence-electron chi connectivity index (χ3n) is 3.61. The molecule has 25 heavy (non-hydrogen) atoms. The molecule has 1 N–H and O–H groups in total. The number of ether oxygens (including phenoxy) is 1. The maximum absolute atomic E-state index is 12.3. The number of hydrogen-bond acceptors (Lipinski definition) is 7. The highest BCUT2D eigenvalue weighted by Crippen LogP contribution is 2.28. The molecule has 0 radical (unpaired) electrons. The smallest absolute Gasteiger partial charge is 0.348 e. The Balaban J connectivity index is 1.67. The largest absolute Gasteiger partial charge is 0.459 e. The molecule has 0 atom stereocenters. The van der Waals surface area contributed by atoms with Gasteiger partial charge in [-0.25, -0.2) is 4.79 Å². The van der Waals surface area contributed by atoms with Crippen LogP contribution in [-0.2, 0) is 11.3 Å². The predicted molar refractivity (Wildman–Crippen MR) is 90.8 cm³/mol. The Labute approximate surface area is 147 Å². The van der Waals surface area contributed by atoms with Gasteiger partial charge in [-0.2, -0.15) is 0 Å². The molecule has 0 fully saturated rings. The first kappa shape index (κ1) is 17.0. The lowest BCUT2D eigenvalue weighted by molar-refractivity contribution is 0.0476. The fraction of sp³-hybridized carbons (Fsp3) is 0.235. The molecule has 3 aromatic rings. The third kappa shape index (κ3) is 3.63. The van der Waals surface area contributed by atoms with Gasteiger partial charge in [0.1, 0.15) is 17.2 Å². The molecule has 130 valence electrons. The number of furan rings is 1. The third-order valence-corrected chi connectivity index (χ3v) is 4.75. The van der Waals surface area contributed by atoms with Crippen LogP contribution in [-0.4, -0.2) is 17.0 Å². The summed E-state index contributed by atoms with van der Waals surface area (Å²) in [7, 11) is 0. The SMILES string of the molecule is Cc1cc(NC(=O)c2ccco2)sc1C(=O)OCc1c(C)noc1C. The molecule has 3 heterocycles. The second-order valence-electron chi connectivity index (χ2n) is 5.43. The second-order valence-corrected chi connectivity index (χ2v) is 6.49. The van der Waals surface area contributed by atoms with E-state index in [1.54, 1.807) is 39.0 Å². The number of carbonyl (C=O) groups is 2. The zero-order valence-corrected chi connectivity index (χ0v) is 14.7. The van der Waals surface area contributed by atoms with E-state index in [1.807, 2.05) is 0 Å². The maximum Gasteiger partial charge on any atom is 0.348 e. The van der Waals surface area contributed by atoms with Crippen LogP contribution >= 0.6 is 11.3 Å². The monoisotopic (exact) mass is 360 g/mol. The Morgan fingerprint density at radius 2 is 2.12 bits per heavy atom. The van der Waals surface area contributed by atoms with E-state index >= 15 is 0 Å². The van der Waals surface area contributed by atoms with E-state index in [0.717, 1.165) is 22.5 Å². The van der Waals surface area contributed by atoms with E-state index in [-0.39, 0.29) is 18.3 Å². The summed E-state index contributed by atoms with van der Waals surface area (Å²) in [5, 5.41) is 7.07. The lowest BCUT2D eigenvalue weighted by Gasteiger charge is -2.03. The van der Waals surface area contributed by atoms with Crippen LogP contribution in [0.25, 0.3) is 0 Å². The van der Waals surface area contributed by atoms with E-state index < -0.39 is 5.97 Å². The lowest BCUT2D eigenvalue weighted by Crippen LogP contribution is -2.09. The normalized spacial score (nSPS) is 10.7. The quantitative estimate of drug-likeness (QED) is 0.694. The molecule has 8 heteroatoms. The van der Waals surface area contributed by atoms with Gasteiger partial charge in [0.25, 0.3) is 5.91 Å². The Hall–Kier alpha value is -2.87. The average Bonchev–Trinajstić information content (AvgIpc) is 3.28. The summed E-state index contributed by atoms with van der Waals surface area (Å²) >= 11 is 1.15. The molecule has 3 aromatic heterocycles. The van der Waals surface area contributed by atoms with Crippen molar-refractivity contribution in [1.82, 2.24) is 5.16 Å². The van der Waals surface area contributed by atoms with E-state index in [2.05, 4.69) is 10.5 Å². The van der Waals surface area contributed by atoms with Crippen molar-refractivity contribution >= 4 is 28.2 Å². The van der Waals surface area contributed by atoms with E-state index in [4.69, 9.17) is 13.7 Å². The maximum atomic E-state index is 12.3. The van der Waals surface area contributed by atoms with Gasteiger partial charge in [-0.1, -0.05) is 5.16 Å². The van der Waals surface area contributed by atoms with Crippen LogP contribution in [0.5, 0.6) is 0 Å². The molecular weight excluding hydrogens is 344 g/mol. The van der Waals surface area contributed by atoms with Crippen molar-refractivity contribution in [2.24, 2.45) is 0 Å². The summed E-state index contributed by atoms with van der Waals surface area (Å²) in [6, 6.07) is 4.92. The minimum absolute atomic E-state index is 0.0887. The van der Waals surface area contributed by atoms with E-state index in [9.17, 15) is 9.59 Å². The molecule has 0 aliphatic carbocycles. The second kappa shape index (κ2) is 6.94. The molecule has 0 aliphatic rings. The van der Waals surface area contributed by atoms with Crippen molar-refractivity contribution < 1.29 is 23.3 Å². The highest BCUT2D eigenvalue weighted by Gasteiger charge is 2.19. The highest BCUT2D eigenvalue weighted by atomic mass is 32.1. The summed E-state index contributed by atoms with van der Waals surface area (Å²) in [6.07, 6.45) is 1.42. The van der Waals surface area contributed by atoms with Crippen LogP contribution in [0.15, 0.2) is 33.4 Å². The molecule has 0 bridgehead atoms. The van der Waals surface area contributed by atoms with Crippen LogP contribution in [0.2, 0.25) is 0 Å². The predicted octanol–water partition coefficient (Wildman–Crippen LogP) is 3.86. The minimum Gasteiger partial charge on any atom is -0.459 e. The number of thiophene rings is 1. The zero-order chi connectivity index (χ0) is 18.0. The first-order chi connectivity index (χ1) is 12.0. The molecule has 0 saturated carbocycles. The summed E-state index contributed by atoms with van der Waals surface area (Å²) in [5.74, 6) is -0.00363. The standard InChI is InChI=1S/C17H16N2O5S/c1-9-7-14(18-16(20)13-5-4-6-22-13)25-15(9)17(21)23-8-12-10(2)19-24-11(12)3/h4-7H,8H2,1-3H3,(H,18,20). The van der Waals surface area contributed by atoms with Crippen LogP contribution < -0.4 is 5.32 Å². The summed E-state index contributed by atoms with van der Waals surface area (Å²) in [5.41, 5.74) is 2.18. The van der Waals surface area contributed by atoms with Crippen molar-refractivity contribution in [2.75, 3.05) is 5.32 Å². The number of nitrogens with zero attached hydrogens (tertiary/aromatic N) is 1. The molecule has 0 spiro atoms. The van der Waals surface area contributed by atoms with Gasteiger partial charge in [-0.15, -0.1) is 11.3 Å². The van der Waals surface area contributed by atoms with Gasteiger partial charge in [-0.05, 0) is 44.5 Å². The lowest BCUT2D eigenvalue weighted by atomic mass is 10.2. The number of nitrogens with one attached hydrogen (secondary N) is 1. The summed E-state index contributed by atoms with van der Waals surface area (Å²) < 4.78 is 15.4. The van der Waals surface area contributed by atoms with Gasteiger partial charge in [0.15, 0.2) is 5.76 Å². The number of aromatic nitrogens is 1. The van der Waals surface area contributed by atoms with Crippen LogP contribution in [0.3, 0.4) is 0 Å². The first-order valence-corrected chi connectivity index (χ1v) is 8.31. The van der Waals surface area contributed by atoms with Crippen LogP contribution in [0, 0.1) is 20.8 Å². The number of aryl methyl sites for hydroxylation is 3. The number of hydrogen-bond donors (Lipinski definition) is 1. The van der Waals surface area contributed by atoms with Crippen molar-refractivity contribution in [1.29, 1.82) is 0 Å². The Morgan fingerprint density at radius 1 is 1.32 bits per heavy atom. The van der Waals surface area contributed by atoms with Crippen LogP contribution in [0.1, 0.15) is 42.8 Å². The number of rotatable bonds is 5. The first-order valence-electron chi connectivity index (χ1n) is 7.50. The molecule has 3 rings (SSSR count). The number of carbonyl (C=O) groups excluding carboxylic acids is 2. The minimum atomic E-state index is -0.457. The highest BCUT2D eigenvalue weighted by molar-refractivity contribution is 7.18. The van der Waals surface area contributed by atoms with Crippen molar-refractivity contribution in [3.63, 3.8) is 0 Å².